The van der Waals surface area contributed by atoms with E-state index in [4.69, 9.17) is 4.74 Å². The van der Waals surface area contributed by atoms with E-state index < -0.39 is 14.3 Å². The maximum atomic E-state index is 16.5. The third-order valence-electron chi connectivity index (χ3n) is 8.04. The van der Waals surface area contributed by atoms with Crippen LogP contribution < -0.4 is 21.2 Å². The maximum Gasteiger partial charge on any atom is 0.178 e. The first-order chi connectivity index (χ1) is 23.8. The van der Waals surface area contributed by atoms with Crippen LogP contribution in [0.3, 0.4) is 0 Å². The quantitative estimate of drug-likeness (QED) is 0.158. The predicted molar refractivity (Wildman–Crippen MR) is 205 cm³/mol. The highest BCUT2D eigenvalue weighted by molar-refractivity contribution is 8.00. The van der Waals surface area contributed by atoms with Gasteiger partial charge in [-0.15, -0.1) is 0 Å². The van der Waals surface area contributed by atoms with Gasteiger partial charge in [0.2, 0.25) is 0 Å². The molecule has 4 nitrogen and oxygen atoms in total. The third kappa shape index (κ3) is 6.85. The standard InChI is InChI=1S/C40H30O3P2.C3H6O/c41-44(33-21-8-2-9-22-33,34-23-10-3-11-24-34)40(45(42,35-25-12-4-13-26-35)36-27-14-5-15-28-36)39-37-29-17-16-20-32(37)30-38(43-39)31-18-6-1-7-19-31;1-3(2)4/h1-30H;1-2H3. The first-order valence-electron chi connectivity index (χ1n) is 16.0. The molecule has 0 aromatic heterocycles. The Kier molecular flexibility index (Phi) is 10.2. The largest absolute Gasteiger partial charge is 0.455 e. The molecule has 0 unspecified atom stereocenters. The Morgan fingerprint density at radius 2 is 0.796 bits per heavy atom. The lowest BCUT2D eigenvalue weighted by Gasteiger charge is -2.33. The smallest absolute Gasteiger partial charge is 0.178 e. The van der Waals surface area contributed by atoms with Crippen LogP contribution in [0.15, 0.2) is 181 Å². The fraction of sp³-hybridized carbons (Fsp3) is 0.0465. The molecule has 0 amide bonds. The molecule has 6 heteroatoms. The summed E-state index contributed by atoms with van der Waals surface area (Å²) in [5.41, 5.74) is 2.51. The number of carbonyl (C=O) groups is 1. The van der Waals surface area contributed by atoms with E-state index in [2.05, 4.69) is 0 Å². The lowest BCUT2D eigenvalue weighted by atomic mass is 10.0. The highest BCUT2D eigenvalue weighted by atomic mass is 31.2. The molecule has 0 fully saturated rings. The molecule has 0 radical (unpaired) electrons. The molecule has 0 spiro atoms. The number of hydrogen-bond acceptors (Lipinski definition) is 4. The summed E-state index contributed by atoms with van der Waals surface area (Å²) in [7, 11) is -7.73. The van der Waals surface area contributed by atoms with Gasteiger partial charge in [-0.2, -0.15) is 0 Å². The van der Waals surface area contributed by atoms with Crippen LogP contribution >= 0.6 is 14.3 Å². The van der Waals surface area contributed by atoms with Crippen LogP contribution in [0, 0.1) is 0 Å². The molecule has 1 aliphatic rings. The number of hydrogen-bond donors (Lipinski definition) is 0. The van der Waals surface area contributed by atoms with Crippen molar-refractivity contribution in [2.45, 2.75) is 13.8 Å². The molecular formula is C43H36O4P2. The fourth-order valence-electron chi connectivity index (χ4n) is 5.90. The SMILES string of the molecule is CC(C)=O.O=P(C(=C1OC(c2ccccc2)=Cc2ccccc21)P(=O)(c1ccccc1)c1ccccc1)(c1ccccc1)c1ccccc1. The molecule has 0 N–H and O–H groups in total. The molecule has 0 saturated carbocycles. The Morgan fingerprint density at radius 1 is 0.469 bits per heavy atom. The van der Waals surface area contributed by atoms with Crippen LogP contribution in [0.2, 0.25) is 0 Å². The van der Waals surface area contributed by atoms with Gasteiger partial charge in [0, 0.05) is 32.3 Å². The van der Waals surface area contributed by atoms with E-state index in [1.54, 1.807) is 0 Å². The highest BCUT2D eigenvalue weighted by Gasteiger charge is 2.48. The number of fused-ring (bicyclic) bond motifs is 1. The first kappa shape index (κ1) is 33.6. The Balaban J connectivity index is 0.000000989. The topological polar surface area (TPSA) is 60.4 Å². The van der Waals surface area contributed by atoms with Crippen molar-refractivity contribution in [1.82, 2.24) is 0 Å². The summed E-state index contributed by atoms with van der Waals surface area (Å²) >= 11 is 0. The van der Waals surface area contributed by atoms with Crippen molar-refractivity contribution in [3.8, 4) is 0 Å². The van der Waals surface area contributed by atoms with Crippen molar-refractivity contribution < 1.29 is 18.7 Å². The summed E-state index contributed by atoms with van der Waals surface area (Å²) in [5.74, 6) is 1.13. The van der Waals surface area contributed by atoms with E-state index in [9.17, 15) is 4.79 Å². The minimum absolute atomic E-state index is 0.167. The fourth-order valence-corrected chi connectivity index (χ4v) is 13.7. The zero-order chi connectivity index (χ0) is 34.3. The summed E-state index contributed by atoms with van der Waals surface area (Å²) in [6.07, 6.45) is 2.00. The average molecular weight is 679 g/mol. The van der Waals surface area contributed by atoms with Crippen LogP contribution in [0.5, 0.6) is 0 Å². The van der Waals surface area contributed by atoms with Gasteiger partial charge < -0.3 is 18.7 Å². The molecule has 6 aromatic carbocycles. The summed E-state index contributed by atoms with van der Waals surface area (Å²) in [6, 6.07) is 55.4. The van der Waals surface area contributed by atoms with Crippen molar-refractivity contribution in [3.05, 3.63) is 198 Å². The molecule has 49 heavy (non-hydrogen) atoms. The van der Waals surface area contributed by atoms with Gasteiger partial charge in [-0.3, -0.25) is 0 Å². The molecule has 0 atom stereocenters. The second kappa shape index (κ2) is 14.9. The first-order valence-corrected chi connectivity index (χ1v) is 19.4. The molecule has 0 saturated heterocycles. The Morgan fingerprint density at radius 3 is 1.18 bits per heavy atom. The number of ketones is 1. The van der Waals surface area contributed by atoms with Gasteiger partial charge in [-0.05, 0) is 25.5 Å². The normalized spacial score (nSPS) is 12.4. The molecule has 6 aromatic rings. The zero-order valence-corrected chi connectivity index (χ0v) is 29.1. The minimum Gasteiger partial charge on any atom is -0.455 e. The van der Waals surface area contributed by atoms with Gasteiger partial charge in [0.05, 0.1) is 0 Å². The summed E-state index contributed by atoms with van der Waals surface area (Å²) < 4.78 is 40.0. The van der Waals surface area contributed by atoms with Gasteiger partial charge >= 0.3 is 0 Å². The minimum atomic E-state index is -3.86. The van der Waals surface area contributed by atoms with Crippen LogP contribution in [-0.2, 0) is 18.7 Å². The number of carbonyl (C=O) groups excluding carboxylic acids is 1. The Labute approximate surface area is 288 Å². The van der Waals surface area contributed by atoms with E-state index >= 15 is 9.13 Å². The van der Waals surface area contributed by atoms with E-state index in [1.807, 2.05) is 182 Å². The molecular weight excluding hydrogens is 642 g/mol. The van der Waals surface area contributed by atoms with Crippen LogP contribution in [0.25, 0.3) is 17.6 Å². The zero-order valence-electron chi connectivity index (χ0n) is 27.3. The van der Waals surface area contributed by atoms with E-state index in [0.717, 1.165) is 16.7 Å². The number of benzene rings is 6. The van der Waals surface area contributed by atoms with E-state index in [1.165, 1.54) is 13.8 Å². The van der Waals surface area contributed by atoms with E-state index in [-0.39, 0.29) is 5.78 Å². The number of Topliss-reactive ketones (excluding diaryl/α,β-unsaturated/α-hetero) is 1. The highest BCUT2D eigenvalue weighted by Crippen LogP contribution is 2.72. The number of ether oxygens (including phenoxy) is 1. The second-order valence-electron chi connectivity index (χ2n) is 11.7. The van der Waals surface area contributed by atoms with E-state index in [0.29, 0.717) is 37.8 Å². The molecule has 7 rings (SSSR count). The molecule has 1 heterocycles. The maximum absolute atomic E-state index is 16.5. The molecule has 0 aliphatic carbocycles. The summed E-state index contributed by atoms with van der Waals surface area (Å²) in [4.78, 5) is 9.44. The van der Waals surface area contributed by atoms with Crippen molar-refractivity contribution in [2.24, 2.45) is 0 Å². The molecule has 242 valence electrons. The second-order valence-corrected chi connectivity index (χ2v) is 17.4. The van der Waals surface area contributed by atoms with Gasteiger partial charge in [0.1, 0.15) is 16.6 Å². The van der Waals surface area contributed by atoms with Gasteiger partial charge in [-0.1, -0.05) is 176 Å². The van der Waals surface area contributed by atoms with Gasteiger partial charge in [-0.25, -0.2) is 0 Å². The molecule has 0 bridgehead atoms. The van der Waals surface area contributed by atoms with Gasteiger partial charge in [0.25, 0.3) is 0 Å². The van der Waals surface area contributed by atoms with Crippen molar-refractivity contribution in [3.63, 3.8) is 0 Å². The average Bonchev–Trinajstić information content (AvgIpc) is 3.16. The summed E-state index contributed by atoms with van der Waals surface area (Å²) in [5, 5.41) is 2.63. The predicted octanol–water partition coefficient (Wildman–Crippen LogP) is 9.46. The summed E-state index contributed by atoms with van der Waals surface area (Å²) in [6.45, 7) is 3.06. The third-order valence-corrected chi connectivity index (χ3v) is 15.4. The van der Waals surface area contributed by atoms with Crippen molar-refractivity contribution in [2.75, 3.05) is 0 Å². The monoisotopic (exact) mass is 678 g/mol. The van der Waals surface area contributed by atoms with Crippen molar-refractivity contribution in [1.29, 1.82) is 0 Å². The Hall–Kier alpha value is -5.27. The van der Waals surface area contributed by atoms with Gasteiger partial charge in [0.15, 0.2) is 20.0 Å². The van der Waals surface area contributed by atoms with Crippen LogP contribution in [-0.4, -0.2) is 5.78 Å². The lowest BCUT2D eigenvalue weighted by molar-refractivity contribution is -0.115. The van der Waals surface area contributed by atoms with Crippen LogP contribution in [0.4, 0.5) is 0 Å². The number of rotatable bonds is 7. The van der Waals surface area contributed by atoms with Crippen molar-refractivity contribution >= 4 is 58.9 Å². The molecule has 1 aliphatic heterocycles. The van der Waals surface area contributed by atoms with Crippen LogP contribution in [0.1, 0.15) is 30.5 Å². The lowest BCUT2D eigenvalue weighted by Crippen LogP contribution is -2.25. The Bertz CT molecular complexity index is 2020.